The SMILES string of the molecule is Cc1nc(CSc2ccc(C(=O)N3CCCC34CCOC4=O)cc2)cs1. The molecule has 1 aromatic carbocycles. The van der Waals surface area contributed by atoms with E-state index in [9.17, 15) is 9.59 Å². The number of rotatable bonds is 4. The first-order valence-electron chi connectivity index (χ1n) is 8.72. The van der Waals surface area contributed by atoms with Crippen LogP contribution in [0.1, 0.15) is 40.3 Å². The van der Waals surface area contributed by atoms with Gasteiger partial charge >= 0.3 is 5.97 Å². The first kappa shape index (κ1) is 17.5. The van der Waals surface area contributed by atoms with E-state index in [0.29, 0.717) is 31.6 Å². The molecule has 0 N–H and O–H groups in total. The first-order valence-corrected chi connectivity index (χ1v) is 10.6. The molecular formula is C19H20N2O3S2. The van der Waals surface area contributed by atoms with Crippen molar-refractivity contribution < 1.29 is 14.3 Å². The van der Waals surface area contributed by atoms with Crippen LogP contribution in [-0.2, 0) is 15.3 Å². The van der Waals surface area contributed by atoms with E-state index in [2.05, 4.69) is 10.4 Å². The van der Waals surface area contributed by atoms with Crippen LogP contribution in [-0.4, -0.2) is 40.5 Å². The van der Waals surface area contributed by atoms with Crippen LogP contribution < -0.4 is 0 Å². The molecule has 3 heterocycles. The molecular weight excluding hydrogens is 368 g/mol. The number of carbonyl (C=O) groups excluding carboxylic acids is 2. The van der Waals surface area contributed by atoms with Gasteiger partial charge in [0.25, 0.3) is 5.91 Å². The molecule has 26 heavy (non-hydrogen) atoms. The molecule has 1 amide bonds. The van der Waals surface area contributed by atoms with Gasteiger partial charge in [0.1, 0.15) is 5.54 Å². The highest BCUT2D eigenvalue weighted by Gasteiger charge is 2.53. The minimum absolute atomic E-state index is 0.0759. The molecule has 2 aromatic rings. The number of carbonyl (C=O) groups is 2. The molecule has 2 fully saturated rings. The molecule has 5 nitrogen and oxygen atoms in total. The van der Waals surface area contributed by atoms with Crippen LogP contribution in [0.3, 0.4) is 0 Å². The lowest BCUT2D eigenvalue weighted by molar-refractivity contribution is -0.145. The van der Waals surface area contributed by atoms with Gasteiger partial charge in [0.05, 0.1) is 17.3 Å². The van der Waals surface area contributed by atoms with Crippen molar-refractivity contribution in [3.8, 4) is 0 Å². The number of ether oxygens (including phenoxy) is 1. The number of aryl methyl sites for hydroxylation is 1. The highest BCUT2D eigenvalue weighted by molar-refractivity contribution is 7.98. The fourth-order valence-corrected chi connectivity index (χ4v) is 5.19. The number of aromatic nitrogens is 1. The Kier molecular flexibility index (Phi) is 4.75. The number of thiazole rings is 1. The van der Waals surface area contributed by atoms with Gasteiger partial charge in [-0.25, -0.2) is 9.78 Å². The molecule has 1 unspecified atom stereocenters. The van der Waals surface area contributed by atoms with Crippen LogP contribution >= 0.6 is 23.1 Å². The maximum atomic E-state index is 12.9. The van der Waals surface area contributed by atoms with Crippen LogP contribution in [0.25, 0.3) is 0 Å². The molecule has 2 saturated heterocycles. The van der Waals surface area contributed by atoms with E-state index in [1.54, 1.807) is 28.0 Å². The Bertz CT molecular complexity index is 830. The fraction of sp³-hybridized carbons (Fsp3) is 0.421. The van der Waals surface area contributed by atoms with Crippen LogP contribution in [0.5, 0.6) is 0 Å². The van der Waals surface area contributed by atoms with Gasteiger partial charge in [0, 0.05) is 34.6 Å². The van der Waals surface area contributed by atoms with Crippen molar-refractivity contribution in [2.24, 2.45) is 0 Å². The zero-order valence-electron chi connectivity index (χ0n) is 14.6. The van der Waals surface area contributed by atoms with Crippen LogP contribution in [0.4, 0.5) is 0 Å². The third kappa shape index (κ3) is 3.14. The summed E-state index contributed by atoms with van der Waals surface area (Å²) in [5.74, 6) is 0.501. The van der Waals surface area contributed by atoms with Crippen LogP contribution in [0.15, 0.2) is 34.5 Å². The van der Waals surface area contributed by atoms with Crippen LogP contribution in [0.2, 0.25) is 0 Å². The van der Waals surface area contributed by atoms with Gasteiger partial charge in [0.2, 0.25) is 0 Å². The Morgan fingerprint density at radius 1 is 1.35 bits per heavy atom. The largest absolute Gasteiger partial charge is 0.464 e. The average molecular weight is 389 g/mol. The lowest BCUT2D eigenvalue weighted by Gasteiger charge is -2.31. The normalized spacial score (nSPS) is 22.2. The fourth-order valence-electron chi connectivity index (χ4n) is 3.68. The summed E-state index contributed by atoms with van der Waals surface area (Å²) in [6, 6.07) is 7.63. The van der Waals surface area contributed by atoms with Crippen molar-refractivity contribution in [1.82, 2.24) is 9.88 Å². The monoisotopic (exact) mass is 388 g/mol. The zero-order valence-corrected chi connectivity index (χ0v) is 16.2. The summed E-state index contributed by atoms with van der Waals surface area (Å²) in [4.78, 5) is 32.4. The summed E-state index contributed by atoms with van der Waals surface area (Å²) in [5, 5.41) is 3.15. The molecule has 0 saturated carbocycles. The standard InChI is InChI=1S/C19H20N2O3S2/c1-13-20-15(11-25-13)12-26-16-5-3-14(4-6-16)17(22)21-9-2-7-19(21)8-10-24-18(19)23/h3-6,11H,2,7-10,12H2,1H3. The van der Waals surface area contributed by atoms with E-state index in [-0.39, 0.29) is 11.9 Å². The highest BCUT2D eigenvalue weighted by Crippen LogP contribution is 2.38. The maximum Gasteiger partial charge on any atom is 0.332 e. The molecule has 2 aliphatic rings. The summed E-state index contributed by atoms with van der Waals surface area (Å²) >= 11 is 3.36. The van der Waals surface area contributed by atoms with E-state index < -0.39 is 5.54 Å². The number of cyclic esters (lactones) is 1. The second-order valence-electron chi connectivity index (χ2n) is 6.65. The molecule has 136 valence electrons. The molecule has 0 bridgehead atoms. The predicted molar refractivity (Wildman–Crippen MR) is 101 cm³/mol. The molecule has 1 atom stereocenters. The average Bonchev–Trinajstić information content (AvgIpc) is 3.36. The molecule has 0 radical (unpaired) electrons. The molecule has 0 aliphatic carbocycles. The Morgan fingerprint density at radius 2 is 2.15 bits per heavy atom. The second-order valence-corrected chi connectivity index (χ2v) is 8.76. The Morgan fingerprint density at radius 3 is 2.81 bits per heavy atom. The van der Waals surface area contributed by atoms with Crippen molar-refractivity contribution in [2.75, 3.05) is 13.2 Å². The molecule has 4 rings (SSSR count). The minimum atomic E-state index is -0.729. The Balaban J connectivity index is 1.44. The number of likely N-dealkylation sites (tertiary alicyclic amines) is 1. The number of esters is 1. The van der Waals surface area contributed by atoms with Gasteiger partial charge in [-0.2, -0.15) is 0 Å². The van der Waals surface area contributed by atoms with Crippen LogP contribution in [0, 0.1) is 6.92 Å². The third-order valence-electron chi connectivity index (χ3n) is 5.02. The van der Waals surface area contributed by atoms with Gasteiger partial charge in [-0.05, 0) is 44.0 Å². The molecule has 7 heteroatoms. The van der Waals surface area contributed by atoms with E-state index in [1.165, 1.54) is 0 Å². The Labute approximate surface area is 160 Å². The number of amides is 1. The summed E-state index contributed by atoms with van der Waals surface area (Å²) in [6.45, 7) is 3.03. The summed E-state index contributed by atoms with van der Waals surface area (Å²) in [7, 11) is 0. The molecule has 2 aliphatic heterocycles. The van der Waals surface area contributed by atoms with Crippen molar-refractivity contribution in [2.45, 2.75) is 42.4 Å². The van der Waals surface area contributed by atoms with Crippen molar-refractivity contribution in [1.29, 1.82) is 0 Å². The lowest BCUT2D eigenvalue weighted by Crippen LogP contribution is -2.50. The van der Waals surface area contributed by atoms with Crippen molar-refractivity contribution in [3.63, 3.8) is 0 Å². The van der Waals surface area contributed by atoms with E-state index in [0.717, 1.165) is 27.8 Å². The lowest BCUT2D eigenvalue weighted by atomic mass is 9.94. The van der Waals surface area contributed by atoms with Gasteiger partial charge < -0.3 is 9.64 Å². The number of hydrogen-bond acceptors (Lipinski definition) is 6. The van der Waals surface area contributed by atoms with Gasteiger partial charge in [0.15, 0.2) is 0 Å². The maximum absolute atomic E-state index is 12.9. The topological polar surface area (TPSA) is 59.5 Å². The quantitative estimate of drug-likeness (QED) is 0.591. The van der Waals surface area contributed by atoms with E-state index in [4.69, 9.17) is 4.74 Å². The minimum Gasteiger partial charge on any atom is -0.464 e. The second kappa shape index (κ2) is 7.04. The smallest absolute Gasteiger partial charge is 0.332 e. The van der Waals surface area contributed by atoms with Gasteiger partial charge in [-0.1, -0.05) is 0 Å². The summed E-state index contributed by atoms with van der Waals surface area (Å²) in [5.41, 5.74) is 0.976. The third-order valence-corrected chi connectivity index (χ3v) is 6.89. The predicted octanol–water partition coefficient (Wildman–Crippen LogP) is 3.67. The first-order chi connectivity index (χ1) is 12.6. The molecule has 1 spiro atoms. The summed E-state index contributed by atoms with van der Waals surface area (Å²) in [6.07, 6.45) is 2.17. The molecule has 1 aromatic heterocycles. The zero-order chi connectivity index (χ0) is 18.1. The van der Waals surface area contributed by atoms with E-state index in [1.807, 2.05) is 31.2 Å². The number of thioether (sulfide) groups is 1. The number of benzene rings is 1. The van der Waals surface area contributed by atoms with Gasteiger partial charge in [-0.15, -0.1) is 23.1 Å². The highest BCUT2D eigenvalue weighted by atomic mass is 32.2. The number of nitrogens with zero attached hydrogens (tertiary/aromatic N) is 2. The van der Waals surface area contributed by atoms with Crippen molar-refractivity contribution in [3.05, 3.63) is 45.9 Å². The Hall–Kier alpha value is -1.86. The summed E-state index contributed by atoms with van der Waals surface area (Å²) < 4.78 is 5.16. The van der Waals surface area contributed by atoms with Crippen molar-refractivity contribution >= 4 is 35.0 Å². The van der Waals surface area contributed by atoms with E-state index >= 15 is 0 Å². The number of hydrogen-bond donors (Lipinski definition) is 0. The van der Waals surface area contributed by atoms with Gasteiger partial charge in [-0.3, -0.25) is 4.79 Å².